The summed E-state index contributed by atoms with van der Waals surface area (Å²) in [6.07, 6.45) is 2.95. The van der Waals surface area contributed by atoms with E-state index in [-0.39, 0.29) is 18.0 Å². The Morgan fingerprint density at radius 3 is 2.79 bits per heavy atom. The van der Waals surface area contributed by atoms with Crippen molar-refractivity contribution in [2.45, 2.75) is 46.6 Å². The average Bonchev–Trinajstić information content (AvgIpc) is 3.03. The van der Waals surface area contributed by atoms with Crippen molar-refractivity contribution >= 4 is 27.5 Å². The SMILES string of the molecule is CCOC(=O)c1nc2sc3c(c2c(=O)n1Cc1ccc(C)cc1)CC[C@@H](C)C3. The van der Waals surface area contributed by atoms with Crippen molar-refractivity contribution in [3.8, 4) is 0 Å². The van der Waals surface area contributed by atoms with Gasteiger partial charge in [-0.2, -0.15) is 0 Å². The van der Waals surface area contributed by atoms with Crippen LogP contribution < -0.4 is 5.56 Å². The molecular weight excluding hydrogens is 372 g/mol. The number of thiophene rings is 1. The fraction of sp³-hybridized carbons (Fsp3) is 0.409. The molecule has 28 heavy (non-hydrogen) atoms. The summed E-state index contributed by atoms with van der Waals surface area (Å²) in [5.74, 6) is 0.153. The maximum absolute atomic E-state index is 13.5. The van der Waals surface area contributed by atoms with Gasteiger partial charge < -0.3 is 4.74 Å². The normalized spacial score (nSPS) is 16.2. The summed E-state index contributed by atoms with van der Waals surface area (Å²) >= 11 is 1.55. The Balaban J connectivity index is 1.90. The molecule has 0 unspecified atom stereocenters. The van der Waals surface area contributed by atoms with E-state index in [1.54, 1.807) is 18.3 Å². The van der Waals surface area contributed by atoms with E-state index in [2.05, 4.69) is 11.9 Å². The molecule has 0 fully saturated rings. The summed E-state index contributed by atoms with van der Waals surface area (Å²) in [4.78, 5) is 32.5. The smallest absolute Gasteiger partial charge is 0.374 e. The third-order valence-electron chi connectivity index (χ3n) is 5.33. The lowest BCUT2D eigenvalue weighted by Gasteiger charge is -2.17. The molecule has 4 rings (SSSR count). The Bertz CT molecular complexity index is 1100. The molecular formula is C22H24N2O3S. The summed E-state index contributed by atoms with van der Waals surface area (Å²) < 4.78 is 6.67. The number of rotatable bonds is 4. The van der Waals surface area contributed by atoms with Crippen LogP contribution in [0.25, 0.3) is 10.2 Å². The van der Waals surface area contributed by atoms with E-state index in [0.29, 0.717) is 22.7 Å². The van der Waals surface area contributed by atoms with Gasteiger partial charge in [-0.15, -0.1) is 11.3 Å². The predicted molar refractivity (Wildman–Crippen MR) is 111 cm³/mol. The van der Waals surface area contributed by atoms with Crippen LogP contribution in [0.2, 0.25) is 0 Å². The van der Waals surface area contributed by atoms with E-state index in [1.807, 2.05) is 31.2 Å². The van der Waals surface area contributed by atoms with Crippen molar-refractivity contribution in [3.63, 3.8) is 0 Å². The second-order valence-corrected chi connectivity index (χ2v) is 8.65. The first-order valence-corrected chi connectivity index (χ1v) is 10.6. The third-order valence-corrected chi connectivity index (χ3v) is 6.48. The fourth-order valence-electron chi connectivity index (χ4n) is 3.80. The van der Waals surface area contributed by atoms with E-state index >= 15 is 0 Å². The van der Waals surface area contributed by atoms with E-state index in [4.69, 9.17) is 4.74 Å². The topological polar surface area (TPSA) is 61.2 Å². The molecule has 0 N–H and O–H groups in total. The number of aryl methyl sites for hydroxylation is 2. The average molecular weight is 397 g/mol. The standard InChI is InChI=1S/C22H24N2O3S/c1-4-27-22(26)19-23-20-18(16-10-7-14(3)11-17(16)28-20)21(25)24(19)12-15-8-5-13(2)6-9-15/h5-6,8-9,14H,4,7,10-12H2,1-3H3/t14-/m1/s1. The van der Waals surface area contributed by atoms with Gasteiger partial charge in [0, 0.05) is 4.88 Å². The summed E-state index contributed by atoms with van der Waals surface area (Å²) in [5, 5.41) is 0.687. The molecule has 3 aromatic rings. The molecule has 0 amide bonds. The molecule has 0 spiro atoms. The molecule has 1 aliphatic carbocycles. The first kappa shape index (κ1) is 18.9. The lowest BCUT2D eigenvalue weighted by atomic mass is 9.89. The molecule has 2 aromatic heterocycles. The van der Waals surface area contributed by atoms with Gasteiger partial charge in [0.2, 0.25) is 5.82 Å². The van der Waals surface area contributed by atoms with E-state index in [0.717, 1.165) is 36.0 Å². The largest absolute Gasteiger partial charge is 0.460 e. The van der Waals surface area contributed by atoms with Crippen LogP contribution in [-0.2, 0) is 24.1 Å². The van der Waals surface area contributed by atoms with Crippen LogP contribution in [0.15, 0.2) is 29.1 Å². The molecule has 1 aliphatic rings. The minimum atomic E-state index is -0.548. The molecule has 1 atom stereocenters. The van der Waals surface area contributed by atoms with Crippen molar-refractivity contribution < 1.29 is 9.53 Å². The number of carbonyl (C=O) groups excluding carboxylic acids is 1. The van der Waals surface area contributed by atoms with Gasteiger partial charge >= 0.3 is 5.97 Å². The van der Waals surface area contributed by atoms with Gasteiger partial charge in [0.1, 0.15) is 4.83 Å². The van der Waals surface area contributed by atoms with Gasteiger partial charge in [-0.05, 0) is 50.2 Å². The molecule has 2 heterocycles. The number of hydrogen-bond donors (Lipinski definition) is 0. The van der Waals surface area contributed by atoms with Crippen molar-refractivity contribution in [2.75, 3.05) is 6.61 Å². The summed E-state index contributed by atoms with van der Waals surface area (Å²) in [5.41, 5.74) is 3.10. The number of benzene rings is 1. The highest BCUT2D eigenvalue weighted by molar-refractivity contribution is 7.18. The van der Waals surface area contributed by atoms with Crippen LogP contribution in [0.3, 0.4) is 0 Å². The first-order chi connectivity index (χ1) is 13.5. The Morgan fingerprint density at radius 1 is 1.32 bits per heavy atom. The highest BCUT2D eigenvalue weighted by Gasteiger charge is 2.26. The van der Waals surface area contributed by atoms with Gasteiger partial charge in [-0.25, -0.2) is 9.78 Å². The van der Waals surface area contributed by atoms with E-state index in [9.17, 15) is 9.59 Å². The molecule has 0 saturated carbocycles. The fourth-order valence-corrected chi connectivity index (χ4v) is 5.17. The van der Waals surface area contributed by atoms with Crippen molar-refractivity contribution in [3.05, 3.63) is 62.0 Å². The van der Waals surface area contributed by atoms with Gasteiger partial charge in [-0.3, -0.25) is 9.36 Å². The van der Waals surface area contributed by atoms with Crippen LogP contribution >= 0.6 is 11.3 Å². The highest BCUT2D eigenvalue weighted by atomic mass is 32.1. The van der Waals surface area contributed by atoms with Gasteiger partial charge in [-0.1, -0.05) is 36.8 Å². The minimum absolute atomic E-state index is 0.0894. The summed E-state index contributed by atoms with van der Waals surface area (Å²) in [6, 6.07) is 7.96. The van der Waals surface area contributed by atoms with Crippen molar-refractivity contribution in [2.24, 2.45) is 5.92 Å². The van der Waals surface area contributed by atoms with Crippen molar-refractivity contribution in [1.29, 1.82) is 0 Å². The van der Waals surface area contributed by atoms with Crippen LogP contribution in [0.1, 0.15) is 52.5 Å². The Kier molecular flexibility index (Phi) is 5.06. The Morgan fingerprint density at radius 2 is 2.07 bits per heavy atom. The number of ether oxygens (including phenoxy) is 1. The monoisotopic (exact) mass is 396 g/mol. The zero-order chi connectivity index (χ0) is 19.8. The van der Waals surface area contributed by atoms with E-state index in [1.165, 1.54) is 9.44 Å². The molecule has 1 aromatic carbocycles. The lowest BCUT2D eigenvalue weighted by molar-refractivity contribution is 0.0505. The maximum atomic E-state index is 13.5. The number of fused-ring (bicyclic) bond motifs is 3. The second kappa shape index (κ2) is 7.51. The highest BCUT2D eigenvalue weighted by Crippen LogP contribution is 2.35. The van der Waals surface area contributed by atoms with Crippen LogP contribution in [0, 0.1) is 12.8 Å². The number of hydrogen-bond acceptors (Lipinski definition) is 5. The summed E-state index contributed by atoms with van der Waals surface area (Å²) in [6.45, 7) is 6.56. The second-order valence-electron chi connectivity index (χ2n) is 7.56. The van der Waals surface area contributed by atoms with Gasteiger partial charge in [0.15, 0.2) is 0 Å². The maximum Gasteiger partial charge on any atom is 0.374 e. The quantitative estimate of drug-likeness (QED) is 0.623. The molecule has 6 heteroatoms. The number of aromatic nitrogens is 2. The predicted octanol–water partition coefficient (Wildman–Crippen LogP) is 4.12. The molecule has 0 radical (unpaired) electrons. The summed E-state index contributed by atoms with van der Waals surface area (Å²) in [7, 11) is 0. The van der Waals surface area contributed by atoms with Crippen LogP contribution in [0.5, 0.6) is 0 Å². The van der Waals surface area contributed by atoms with Crippen LogP contribution in [-0.4, -0.2) is 22.1 Å². The molecule has 0 saturated heterocycles. The zero-order valence-electron chi connectivity index (χ0n) is 16.4. The molecule has 0 aliphatic heterocycles. The molecule has 5 nitrogen and oxygen atoms in total. The van der Waals surface area contributed by atoms with Gasteiger partial charge in [0.25, 0.3) is 5.56 Å². The number of esters is 1. The lowest BCUT2D eigenvalue weighted by Crippen LogP contribution is -2.29. The van der Waals surface area contributed by atoms with E-state index < -0.39 is 5.97 Å². The van der Waals surface area contributed by atoms with Crippen LogP contribution in [0.4, 0.5) is 0 Å². The number of nitrogens with zero attached hydrogens (tertiary/aromatic N) is 2. The minimum Gasteiger partial charge on any atom is -0.460 e. The Labute approximate surface area is 168 Å². The molecule has 0 bridgehead atoms. The Hall–Kier alpha value is -2.47. The zero-order valence-corrected chi connectivity index (χ0v) is 17.3. The van der Waals surface area contributed by atoms with Gasteiger partial charge in [0.05, 0.1) is 18.5 Å². The first-order valence-electron chi connectivity index (χ1n) is 9.75. The van der Waals surface area contributed by atoms with Crippen molar-refractivity contribution in [1.82, 2.24) is 9.55 Å². The number of carbonyl (C=O) groups is 1. The molecule has 146 valence electrons. The third kappa shape index (κ3) is 3.37.